The Morgan fingerprint density at radius 3 is 2.19 bits per heavy atom. The van der Waals surface area contributed by atoms with Gasteiger partial charge in [0.25, 0.3) is 11.8 Å². The lowest BCUT2D eigenvalue weighted by atomic mass is 10.1. The van der Waals surface area contributed by atoms with E-state index in [1.165, 1.54) is 21.3 Å². The number of fused-ring (bicyclic) bond motifs is 1. The van der Waals surface area contributed by atoms with E-state index in [9.17, 15) is 14.4 Å². The number of imide groups is 1. The quantitative estimate of drug-likeness (QED) is 0.570. The van der Waals surface area contributed by atoms with Gasteiger partial charge in [-0.15, -0.1) is 0 Å². The molecule has 0 bridgehead atoms. The molecule has 1 aliphatic heterocycles. The molecule has 3 rings (SSSR count). The van der Waals surface area contributed by atoms with Crippen LogP contribution in [0, 0.1) is 0 Å². The van der Waals surface area contributed by atoms with E-state index in [1.54, 1.807) is 30.3 Å². The summed E-state index contributed by atoms with van der Waals surface area (Å²) in [5.74, 6) is 0.346. The van der Waals surface area contributed by atoms with Crippen molar-refractivity contribution >= 4 is 33.7 Å². The lowest BCUT2D eigenvalue weighted by molar-refractivity contribution is -0.121. The minimum absolute atomic E-state index is 0.00221. The number of carbonyl (C=O) groups is 3. The summed E-state index contributed by atoms with van der Waals surface area (Å²) >= 11 is 3.30. The molecule has 1 N–H and O–H groups in total. The highest BCUT2D eigenvalue weighted by Gasteiger charge is 2.35. The van der Waals surface area contributed by atoms with E-state index in [2.05, 4.69) is 21.2 Å². The molecule has 0 saturated heterocycles. The van der Waals surface area contributed by atoms with Gasteiger partial charge in [0.2, 0.25) is 11.7 Å². The summed E-state index contributed by atoms with van der Waals surface area (Å²) in [4.78, 5) is 38.6. The summed E-state index contributed by atoms with van der Waals surface area (Å²) in [5.41, 5.74) is 1.44. The standard InChI is InChI=1S/C22H23BrN2O6/c1-12(13-9-17(29-2)20(31-4)18(10-13)30-3)24-19(26)7-8-25-21(27)15-6-5-14(23)11-16(15)22(25)28/h5-6,9-12H,7-8H2,1-4H3,(H,24,26). The summed E-state index contributed by atoms with van der Waals surface area (Å²) < 4.78 is 16.7. The maximum Gasteiger partial charge on any atom is 0.261 e. The maximum atomic E-state index is 12.5. The van der Waals surface area contributed by atoms with Crippen LogP contribution in [-0.4, -0.2) is 50.5 Å². The third-order valence-electron chi connectivity index (χ3n) is 5.06. The Hall–Kier alpha value is -3.07. The molecule has 9 heteroatoms. The highest BCUT2D eigenvalue weighted by molar-refractivity contribution is 9.10. The zero-order valence-corrected chi connectivity index (χ0v) is 19.2. The number of halogens is 1. The van der Waals surface area contributed by atoms with Crippen molar-refractivity contribution in [1.29, 1.82) is 0 Å². The number of nitrogens with one attached hydrogen (secondary N) is 1. The van der Waals surface area contributed by atoms with E-state index in [0.29, 0.717) is 32.8 Å². The highest BCUT2D eigenvalue weighted by atomic mass is 79.9. The Morgan fingerprint density at radius 1 is 1.00 bits per heavy atom. The van der Waals surface area contributed by atoms with Gasteiger partial charge in [-0.2, -0.15) is 0 Å². The van der Waals surface area contributed by atoms with E-state index in [1.807, 2.05) is 6.92 Å². The van der Waals surface area contributed by atoms with E-state index in [0.717, 1.165) is 10.5 Å². The molecule has 0 aromatic heterocycles. The molecule has 1 aliphatic rings. The summed E-state index contributed by atoms with van der Waals surface area (Å²) in [5, 5.41) is 2.87. The van der Waals surface area contributed by atoms with Gasteiger partial charge in [-0.3, -0.25) is 19.3 Å². The van der Waals surface area contributed by atoms with Crippen LogP contribution >= 0.6 is 15.9 Å². The maximum absolute atomic E-state index is 12.5. The Balaban J connectivity index is 1.65. The Morgan fingerprint density at radius 2 is 1.61 bits per heavy atom. The lowest BCUT2D eigenvalue weighted by Crippen LogP contribution is -2.35. The molecule has 0 radical (unpaired) electrons. The zero-order valence-electron chi connectivity index (χ0n) is 17.7. The topological polar surface area (TPSA) is 94.2 Å². The van der Waals surface area contributed by atoms with Crippen molar-refractivity contribution in [2.24, 2.45) is 0 Å². The van der Waals surface area contributed by atoms with Crippen molar-refractivity contribution in [3.8, 4) is 17.2 Å². The van der Waals surface area contributed by atoms with Gasteiger partial charge in [0, 0.05) is 17.4 Å². The van der Waals surface area contributed by atoms with Gasteiger partial charge < -0.3 is 19.5 Å². The minimum atomic E-state index is -0.397. The molecular weight excluding hydrogens is 468 g/mol. The number of rotatable bonds is 8. The van der Waals surface area contributed by atoms with E-state index in [4.69, 9.17) is 14.2 Å². The SMILES string of the molecule is COc1cc(C(C)NC(=O)CCN2C(=O)c3ccc(Br)cc3C2=O)cc(OC)c1OC. The number of ether oxygens (including phenoxy) is 3. The van der Waals surface area contributed by atoms with Crippen molar-refractivity contribution in [2.45, 2.75) is 19.4 Å². The molecule has 3 amide bonds. The van der Waals surface area contributed by atoms with Crippen molar-refractivity contribution in [3.63, 3.8) is 0 Å². The molecule has 8 nitrogen and oxygen atoms in total. The second-order valence-electron chi connectivity index (χ2n) is 6.95. The highest BCUT2D eigenvalue weighted by Crippen LogP contribution is 2.39. The number of hydrogen-bond donors (Lipinski definition) is 1. The number of carbonyl (C=O) groups excluding carboxylic acids is 3. The fraction of sp³-hybridized carbons (Fsp3) is 0.318. The molecule has 2 aromatic rings. The summed E-state index contributed by atoms with van der Waals surface area (Å²) in [7, 11) is 4.55. The molecule has 164 valence electrons. The first-order chi connectivity index (χ1) is 14.8. The molecule has 0 saturated carbocycles. The molecule has 31 heavy (non-hydrogen) atoms. The molecule has 0 spiro atoms. The normalized spacial score (nSPS) is 13.6. The number of amides is 3. The second kappa shape index (κ2) is 9.38. The largest absolute Gasteiger partial charge is 0.493 e. The third-order valence-corrected chi connectivity index (χ3v) is 5.55. The Labute approximate surface area is 188 Å². The van der Waals surface area contributed by atoms with Crippen LogP contribution in [0.4, 0.5) is 0 Å². The van der Waals surface area contributed by atoms with Gasteiger partial charge in [-0.1, -0.05) is 15.9 Å². The van der Waals surface area contributed by atoms with Crippen LogP contribution in [0.2, 0.25) is 0 Å². The van der Waals surface area contributed by atoms with Gasteiger partial charge in [-0.05, 0) is 42.8 Å². The van der Waals surface area contributed by atoms with Crippen LogP contribution in [0.5, 0.6) is 17.2 Å². The number of benzene rings is 2. The van der Waals surface area contributed by atoms with Crippen LogP contribution in [-0.2, 0) is 4.79 Å². The second-order valence-corrected chi connectivity index (χ2v) is 7.87. The van der Waals surface area contributed by atoms with Crippen LogP contribution in [0.15, 0.2) is 34.8 Å². The van der Waals surface area contributed by atoms with Crippen LogP contribution in [0.1, 0.15) is 45.7 Å². The van der Waals surface area contributed by atoms with Gasteiger partial charge in [0.1, 0.15) is 0 Å². The minimum Gasteiger partial charge on any atom is -0.493 e. The Kier molecular flexibility index (Phi) is 6.84. The summed E-state index contributed by atoms with van der Waals surface area (Å²) in [6.45, 7) is 1.82. The number of hydrogen-bond acceptors (Lipinski definition) is 6. The van der Waals surface area contributed by atoms with Gasteiger partial charge in [0.05, 0.1) is 38.5 Å². The fourth-order valence-electron chi connectivity index (χ4n) is 3.43. The van der Waals surface area contributed by atoms with Crippen molar-refractivity contribution in [1.82, 2.24) is 10.2 Å². The first-order valence-electron chi connectivity index (χ1n) is 9.55. The van der Waals surface area contributed by atoms with Gasteiger partial charge in [0.15, 0.2) is 11.5 Å². The van der Waals surface area contributed by atoms with Gasteiger partial charge >= 0.3 is 0 Å². The molecule has 1 unspecified atom stereocenters. The lowest BCUT2D eigenvalue weighted by Gasteiger charge is -2.19. The first kappa shape index (κ1) is 22.6. The average molecular weight is 491 g/mol. The monoisotopic (exact) mass is 490 g/mol. The predicted molar refractivity (Wildman–Crippen MR) is 117 cm³/mol. The molecule has 1 atom stereocenters. The molecule has 0 aliphatic carbocycles. The third kappa shape index (κ3) is 4.51. The van der Waals surface area contributed by atoms with Gasteiger partial charge in [-0.25, -0.2) is 0 Å². The van der Waals surface area contributed by atoms with E-state index in [-0.39, 0.29) is 24.9 Å². The summed E-state index contributed by atoms with van der Waals surface area (Å²) in [6.07, 6.45) is -0.0125. The zero-order chi connectivity index (χ0) is 22.7. The molecule has 1 heterocycles. The van der Waals surface area contributed by atoms with Crippen molar-refractivity contribution in [3.05, 3.63) is 51.5 Å². The summed E-state index contributed by atoms with van der Waals surface area (Å²) in [6, 6.07) is 8.08. The predicted octanol–water partition coefficient (Wildman–Crippen LogP) is 3.34. The van der Waals surface area contributed by atoms with Crippen molar-refractivity contribution < 1.29 is 28.6 Å². The average Bonchev–Trinajstić information content (AvgIpc) is 2.99. The van der Waals surface area contributed by atoms with Crippen LogP contribution in [0.25, 0.3) is 0 Å². The van der Waals surface area contributed by atoms with Crippen LogP contribution in [0.3, 0.4) is 0 Å². The Bertz CT molecular complexity index is 1010. The van der Waals surface area contributed by atoms with E-state index >= 15 is 0 Å². The number of methoxy groups -OCH3 is 3. The smallest absolute Gasteiger partial charge is 0.261 e. The van der Waals surface area contributed by atoms with Crippen LogP contribution < -0.4 is 19.5 Å². The first-order valence-corrected chi connectivity index (χ1v) is 10.3. The van der Waals surface area contributed by atoms with E-state index < -0.39 is 11.8 Å². The van der Waals surface area contributed by atoms with Crippen molar-refractivity contribution in [2.75, 3.05) is 27.9 Å². The molecular formula is C22H23BrN2O6. The fourth-order valence-corrected chi connectivity index (χ4v) is 3.79. The number of nitrogens with zero attached hydrogens (tertiary/aromatic N) is 1. The molecule has 2 aromatic carbocycles. The molecule has 0 fully saturated rings.